The van der Waals surface area contributed by atoms with Crippen molar-refractivity contribution in [2.45, 2.75) is 13.3 Å². The van der Waals surface area contributed by atoms with E-state index in [0.717, 1.165) is 18.0 Å². The van der Waals surface area contributed by atoms with E-state index in [1.165, 1.54) is 0 Å². The van der Waals surface area contributed by atoms with E-state index < -0.39 is 0 Å². The van der Waals surface area contributed by atoms with E-state index in [-0.39, 0.29) is 0 Å². The molecule has 0 aliphatic heterocycles. The lowest BCUT2D eigenvalue weighted by molar-refractivity contribution is 0.631. The quantitative estimate of drug-likeness (QED) is 0.462. The van der Waals surface area contributed by atoms with Crippen molar-refractivity contribution in [1.29, 1.82) is 0 Å². The number of hydrogen-bond donors (Lipinski definition) is 1. The fourth-order valence-corrected chi connectivity index (χ4v) is 0.704. The maximum absolute atomic E-state index is 5.33. The van der Waals surface area contributed by atoms with Gasteiger partial charge in [0.15, 0.2) is 0 Å². The molecule has 6 heavy (non-hydrogen) atoms. The number of allylic oxidation sites excluding steroid dienone is 2. The Morgan fingerprint density at radius 2 is 2.50 bits per heavy atom. The van der Waals surface area contributed by atoms with Gasteiger partial charge < -0.3 is 5.73 Å². The molecule has 0 saturated heterocycles. The van der Waals surface area contributed by atoms with E-state index in [0.29, 0.717) is 0 Å². The van der Waals surface area contributed by atoms with E-state index in [2.05, 4.69) is 13.0 Å². The van der Waals surface area contributed by atoms with Crippen LogP contribution in [0.25, 0.3) is 0 Å². The summed E-state index contributed by atoms with van der Waals surface area (Å²) in [7, 11) is 0. The molecular formula is C5H9N. The zero-order valence-corrected chi connectivity index (χ0v) is 3.94. The molecule has 1 nitrogen and oxygen atoms in total. The van der Waals surface area contributed by atoms with Crippen LogP contribution in [0.1, 0.15) is 13.3 Å². The van der Waals surface area contributed by atoms with Crippen molar-refractivity contribution < 1.29 is 0 Å². The Morgan fingerprint density at radius 3 is 2.50 bits per heavy atom. The second kappa shape index (κ2) is 1.00. The van der Waals surface area contributed by atoms with Crippen LogP contribution in [0.3, 0.4) is 0 Å². The lowest BCUT2D eigenvalue weighted by atomic mass is 9.94. The zero-order valence-electron chi connectivity index (χ0n) is 3.94. The molecule has 1 heteroatoms. The summed E-state index contributed by atoms with van der Waals surface area (Å²) >= 11 is 0. The summed E-state index contributed by atoms with van der Waals surface area (Å²) in [4.78, 5) is 0. The van der Waals surface area contributed by atoms with Crippen molar-refractivity contribution >= 4 is 0 Å². The van der Waals surface area contributed by atoms with E-state index in [9.17, 15) is 0 Å². The fraction of sp³-hybridized carbons (Fsp3) is 0.600. The Hall–Kier alpha value is -0.460. The standard InChI is InChI=1S/C5H9N/c1-4-2-5(6)3-4/h2,4H,3,6H2,1H3. The van der Waals surface area contributed by atoms with Crippen LogP contribution in [0, 0.1) is 5.92 Å². The van der Waals surface area contributed by atoms with Crippen LogP contribution in [0.4, 0.5) is 0 Å². The molecule has 0 aromatic heterocycles. The van der Waals surface area contributed by atoms with E-state index >= 15 is 0 Å². The van der Waals surface area contributed by atoms with Crippen LogP contribution in [0.15, 0.2) is 11.8 Å². The first kappa shape index (κ1) is 3.72. The second-order valence-corrected chi connectivity index (χ2v) is 1.92. The minimum atomic E-state index is 0.755. The average Bonchev–Trinajstić information content (AvgIpc) is 1.33. The molecule has 0 fully saturated rings. The molecule has 0 heterocycles. The van der Waals surface area contributed by atoms with Crippen LogP contribution in [-0.2, 0) is 0 Å². The molecule has 0 saturated carbocycles. The van der Waals surface area contributed by atoms with E-state index in [4.69, 9.17) is 5.73 Å². The first-order valence-corrected chi connectivity index (χ1v) is 2.25. The van der Waals surface area contributed by atoms with Crippen molar-refractivity contribution in [3.05, 3.63) is 11.8 Å². The third-order valence-electron chi connectivity index (χ3n) is 1.06. The summed E-state index contributed by atoms with van der Waals surface area (Å²) in [6.07, 6.45) is 3.19. The highest BCUT2D eigenvalue weighted by molar-refractivity contribution is 5.11. The smallest absolute Gasteiger partial charge is 0.00486 e. The molecule has 2 N–H and O–H groups in total. The largest absolute Gasteiger partial charge is 0.402 e. The lowest BCUT2D eigenvalue weighted by Gasteiger charge is -2.16. The van der Waals surface area contributed by atoms with Crippen molar-refractivity contribution in [2.24, 2.45) is 11.7 Å². The minimum absolute atomic E-state index is 0.755. The van der Waals surface area contributed by atoms with Crippen molar-refractivity contribution in [1.82, 2.24) is 0 Å². The molecule has 1 aliphatic carbocycles. The third-order valence-corrected chi connectivity index (χ3v) is 1.06. The Kier molecular flexibility index (Phi) is 0.621. The summed E-state index contributed by atoms with van der Waals surface area (Å²) in [6, 6.07) is 0. The van der Waals surface area contributed by atoms with Crippen molar-refractivity contribution in [3.8, 4) is 0 Å². The Bertz CT molecular complexity index is 83.9. The third kappa shape index (κ3) is 0.402. The van der Waals surface area contributed by atoms with Gasteiger partial charge in [-0.3, -0.25) is 0 Å². The highest BCUT2D eigenvalue weighted by Crippen LogP contribution is 2.19. The van der Waals surface area contributed by atoms with Crippen LogP contribution in [0.2, 0.25) is 0 Å². The van der Waals surface area contributed by atoms with Crippen molar-refractivity contribution in [2.75, 3.05) is 0 Å². The van der Waals surface area contributed by atoms with E-state index in [1.54, 1.807) is 0 Å². The molecule has 0 radical (unpaired) electrons. The molecule has 1 rings (SSSR count). The molecule has 1 aliphatic rings. The van der Waals surface area contributed by atoms with Gasteiger partial charge >= 0.3 is 0 Å². The number of nitrogens with two attached hydrogens (primary N) is 1. The highest BCUT2D eigenvalue weighted by Gasteiger charge is 2.08. The van der Waals surface area contributed by atoms with Gasteiger partial charge in [-0.25, -0.2) is 0 Å². The molecule has 0 bridgehead atoms. The highest BCUT2D eigenvalue weighted by atomic mass is 14.6. The summed E-state index contributed by atoms with van der Waals surface area (Å²) in [5.41, 5.74) is 6.39. The van der Waals surface area contributed by atoms with Gasteiger partial charge in [-0.05, 0) is 12.3 Å². The molecule has 0 amide bonds. The van der Waals surface area contributed by atoms with Crippen LogP contribution < -0.4 is 5.73 Å². The molecule has 34 valence electrons. The van der Waals surface area contributed by atoms with Crippen LogP contribution >= 0.6 is 0 Å². The number of rotatable bonds is 0. The van der Waals surface area contributed by atoms with Crippen LogP contribution in [0.5, 0.6) is 0 Å². The van der Waals surface area contributed by atoms with Gasteiger partial charge in [0.1, 0.15) is 0 Å². The molecule has 0 aromatic carbocycles. The summed E-state index contributed by atoms with van der Waals surface area (Å²) in [5, 5.41) is 0. The maximum Gasteiger partial charge on any atom is 0.00486 e. The van der Waals surface area contributed by atoms with Gasteiger partial charge in [-0.15, -0.1) is 0 Å². The fourth-order valence-electron chi connectivity index (χ4n) is 0.704. The summed E-state index contributed by atoms with van der Waals surface area (Å²) in [5.74, 6) is 0.755. The Morgan fingerprint density at radius 1 is 2.00 bits per heavy atom. The minimum Gasteiger partial charge on any atom is -0.402 e. The second-order valence-electron chi connectivity index (χ2n) is 1.92. The van der Waals surface area contributed by atoms with Gasteiger partial charge in [0.05, 0.1) is 0 Å². The van der Waals surface area contributed by atoms with Gasteiger partial charge in [0.25, 0.3) is 0 Å². The van der Waals surface area contributed by atoms with Gasteiger partial charge in [-0.1, -0.05) is 13.0 Å². The molecule has 1 unspecified atom stereocenters. The molecule has 1 atom stereocenters. The number of hydrogen-bond acceptors (Lipinski definition) is 1. The predicted octanol–water partition coefficient (Wildman–Crippen LogP) is 0.869. The molecular weight excluding hydrogens is 74.1 g/mol. The normalized spacial score (nSPS) is 31.5. The van der Waals surface area contributed by atoms with Gasteiger partial charge in [0, 0.05) is 5.70 Å². The first-order chi connectivity index (χ1) is 2.79. The maximum atomic E-state index is 5.33. The Balaban J connectivity index is 2.46. The average molecular weight is 83.1 g/mol. The first-order valence-electron chi connectivity index (χ1n) is 2.25. The van der Waals surface area contributed by atoms with Gasteiger partial charge in [-0.2, -0.15) is 0 Å². The summed E-state index contributed by atoms with van der Waals surface area (Å²) in [6.45, 7) is 2.16. The van der Waals surface area contributed by atoms with Crippen LogP contribution in [-0.4, -0.2) is 0 Å². The zero-order chi connectivity index (χ0) is 4.57. The molecule has 0 spiro atoms. The van der Waals surface area contributed by atoms with Gasteiger partial charge in [0.2, 0.25) is 0 Å². The lowest BCUT2D eigenvalue weighted by Crippen LogP contribution is -2.12. The Labute approximate surface area is 37.8 Å². The molecule has 0 aromatic rings. The summed E-state index contributed by atoms with van der Waals surface area (Å²) < 4.78 is 0. The monoisotopic (exact) mass is 83.1 g/mol. The topological polar surface area (TPSA) is 26.0 Å². The van der Waals surface area contributed by atoms with E-state index in [1.807, 2.05) is 0 Å². The van der Waals surface area contributed by atoms with Crippen molar-refractivity contribution in [3.63, 3.8) is 0 Å². The predicted molar refractivity (Wildman–Crippen MR) is 26.1 cm³/mol. The SMILES string of the molecule is CC1C=C(N)C1.